The Morgan fingerprint density at radius 1 is 1.44 bits per heavy atom. The number of carboxylic acid groups (broad SMARTS) is 1. The first-order chi connectivity index (χ1) is 8.74. The van der Waals surface area contributed by atoms with Crippen molar-refractivity contribution in [3.63, 3.8) is 0 Å². The maximum absolute atomic E-state index is 10.3. The van der Waals surface area contributed by atoms with Gasteiger partial charge in [0.2, 0.25) is 5.89 Å². The Hall–Kier alpha value is -1.69. The Balaban J connectivity index is 1.77. The zero-order valence-corrected chi connectivity index (χ0v) is 10.7. The van der Waals surface area contributed by atoms with Crippen molar-refractivity contribution in [1.82, 2.24) is 10.1 Å². The maximum atomic E-state index is 10.3. The van der Waals surface area contributed by atoms with Crippen LogP contribution in [0.25, 0.3) is 0 Å². The third-order valence-corrected chi connectivity index (χ3v) is 3.33. The van der Waals surface area contributed by atoms with Gasteiger partial charge in [-0.25, -0.2) is 0 Å². The van der Waals surface area contributed by atoms with E-state index in [9.17, 15) is 4.79 Å². The molecular formula is C12H14N2O3S. The van der Waals surface area contributed by atoms with Crippen molar-refractivity contribution in [2.45, 2.75) is 32.1 Å². The standard InChI is InChI=1S/C12H14N2O3S/c15-12(16)6-2-1-5-11-13-10(14-17-11)8-9-4-3-7-18-9/h3-4,7H,1-2,5-6,8H2,(H,15,16). The summed E-state index contributed by atoms with van der Waals surface area (Å²) in [6, 6.07) is 4.03. The van der Waals surface area contributed by atoms with E-state index in [1.165, 1.54) is 4.88 Å². The Bertz CT molecular complexity index is 493. The van der Waals surface area contributed by atoms with Gasteiger partial charge in [0.25, 0.3) is 0 Å². The van der Waals surface area contributed by atoms with Gasteiger partial charge < -0.3 is 9.63 Å². The number of rotatable bonds is 7. The zero-order valence-electron chi connectivity index (χ0n) is 9.83. The summed E-state index contributed by atoms with van der Waals surface area (Å²) in [7, 11) is 0. The highest BCUT2D eigenvalue weighted by Gasteiger charge is 2.07. The number of aliphatic carboxylic acids is 1. The average molecular weight is 266 g/mol. The van der Waals surface area contributed by atoms with Gasteiger partial charge in [0.1, 0.15) is 0 Å². The van der Waals surface area contributed by atoms with Crippen LogP contribution in [-0.2, 0) is 17.6 Å². The molecule has 18 heavy (non-hydrogen) atoms. The van der Waals surface area contributed by atoms with E-state index in [4.69, 9.17) is 9.63 Å². The summed E-state index contributed by atoms with van der Waals surface area (Å²) in [5.41, 5.74) is 0. The molecule has 2 rings (SSSR count). The number of hydrogen-bond acceptors (Lipinski definition) is 5. The lowest BCUT2D eigenvalue weighted by Gasteiger charge is -1.93. The molecule has 0 unspecified atom stereocenters. The number of aryl methyl sites for hydroxylation is 1. The van der Waals surface area contributed by atoms with Crippen LogP contribution < -0.4 is 0 Å². The van der Waals surface area contributed by atoms with Gasteiger partial charge in [0, 0.05) is 24.1 Å². The van der Waals surface area contributed by atoms with Crippen LogP contribution in [-0.4, -0.2) is 21.2 Å². The second-order valence-corrected chi connectivity index (χ2v) is 4.99. The van der Waals surface area contributed by atoms with E-state index in [0.29, 0.717) is 31.0 Å². The Morgan fingerprint density at radius 3 is 3.06 bits per heavy atom. The minimum atomic E-state index is -0.765. The molecule has 5 nitrogen and oxygen atoms in total. The number of unbranched alkanes of at least 4 members (excludes halogenated alkanes) is 1. The molecule has 0 radical (unpaired) electrons. The minimum Gasteiger partial charge on any atom is -0.481 e. The van der Waals surface area contributed by atoms with Gasteiger partial charge in [0.15, 0.2) is 5.82 Å². The second kappa shape index (κ2) is 6.30. The van der Waals surface area contributed by atoms with Crippen molar-refractivity contribution in [2.75, 3.05) is 0 Å². The van der Waals surface area contributed by atoms with E-state index in [1.807, 2.05) is 17.5 Å². The molecule has 0 amide bonds. The number of carboxylic acids is 1. The lowest BCUT2D eigenvalue weighted by molar-refractivity contribution is -0.137. The molecule has 0 atom stereocenters. The first-order valence-corrected chi connectivity index (χ1v) is 6.67. The minimum absolute atomic E-state index is 0.191. The van der Waals surface area contributed by atoms with Gasteiger partial charge in [-0.2, -0.15) is 4.98 Å². The van der Waals surface area contributed by atoms with Crippen molar-refractivity contribution in [3.05, 3.63) is 34.1 Å². The molecule has 96 valence electrons. The summed E-state index contributed by atoms with van der Waals surface area (Å²) in [6.07, 6.45) is 2.92. The Morgan fingerprint density at radius 2 is 2.33 bits per heavy atom. The lowest BCUT2D eigenvalue weighted by atomic mass is 10.2. The normalized spacial score (nSPS) is 10.7. The zero-order chi connectivity index (χ0) is 12.8. The van der Waals surface area contributed by atoms with Crippen molar-refractivity contribution < 1.29 is 14.4 Å². The highest BCUT2D eigenvalue weighted by Crippen LogP contribution is 2.13. The van der Waals surface area contributed by atoms with Crippen LogP contribution in [0.15, 0.2) is 22.0 Å². The molecular weight excluding hydrogens is 252 g/mol. The van der Waals surface area contributed by atoms with Crippen LogP contribution in [0.4, 0.5) is 0 Å². The Kier molecular flexibility index (Phi) is 4.46. The summed E-state index contributed by atoms with van der Waals surface area (Å²) in [6.45, 7) is 0. The van der Waals surface area contributed by atoms with Crippen LogP contribution >= 0.6 is 11.3 Å². The SMILES string of the molecule is O=C(O)CCCCc1nc(Cc2cccs2)no1. The number of nitrogens with zero attached hydrogens (tertiary/aromatic N) is 2. The molecule has 2 aromatic rings. The molecule has 0 bridgehead atoms. The topological polar surface area (TPSA) is 76.2 Å². The molecule has 0 saturated heterocycles. The molecule has 2 aromatic heterocycles. The summed E-state index contributed by atoms with van der Waals surface area (Å²) < 4.78 is 5.12. The largest absolute Gasteiger partial charge is 0.481 e. The predicted molar refractivity (Wildman–Crippen MR) is 66.6 cm³/mol. The molecule has 0 saturated carbocycles. The summed E-state index contributed by atoms with van der Waals surface area (Å²) in [4.78, 5) is 15.8. The fraction of sp³-hybridized carbons (Fsp3) is 0.417. The second-order valence-electron chi connectivity index (χ2n) is 3.96. The van der Waals surface area contributed by atoms with Gasteiger partial charge >= 0.3 is 5.97 Å². The molecule has 0 aromatic carbocycles. The van der Waals surface area contributed by atoms with Crippen LogP contribution in [0, 0.1) is 0 Å². The van der Waals surface area contributed by atoms with Crippen molar-refractivity contribution >= 4 is 17.3 Å². The molecule has 6 heteroatoms. The van der Waals surface area contributed by atoms with Crippen molar-refractivity contribution in [1.29, 1.82) is 0 Å². The summed E-state index contributed by atoms with van der Waals surface area (Å²) in [5, 5.41) is 14.4. The third kappa shape index (κ3) is 3.96. The van der Waals surface area contributed by atoms with E-state index < -0.39 is 5.97 Å². The molecule has 0 aliphatic rings. The van der Waals surface area contributed by atoms with E-state index in [1.54, 1.807) is 11.3 Å². The smallest absolute Gasteiger partial charge is 0.303 e. The first-order valence-electron chi connectivity index (χ1n) is 5.79. The number of hydrogen-bond donors (Lipinski definition) is 1. The predicted octanol–water partition coefficient (Wildman–Crippen LogP) is 2.52. The highest BCUT2D eigenvalue weighted by molar-refractivity contribution is 7.09. The lowest BCUT2D eigenvalue weighted by Crippen LogP contribution is -1.95. The highest BCUT2D eigenvalue weighted by atomic mass is 32.1. The van der Waals surface area contributed by atoms with Gasteiger partial charge in [-0.15, -0.1) is 11.3 Å². The first kappa shape index (κ1) is 12.8. The van der Waals surface area contributed by atoms with Gasteiger partial charge in [-0.05, 0) is 24.3 Å². The Labute approximate surface area is 108 Å². The van der Waals surface area contributed by atoms with Crippen LogP contribution in [0.5, 0.6) is 0 Å². The van der Waals surface area contributed by atoms with Crippen molar-refractivity contribution in [2.24, 2.45) is 0 Å². The molecule has 0 fully saturated rings. The summed E-state index contributed by atoms with van der Waals surface area (Å²) >= 11 is 1.66. The fourth-order valence-electron chi connectivity index (χ4n) is 1.58. The molecule has 2 heterocycles. The molecule has 0 spiro atoms. The van der Waals surface area contributed by atoms with E-state index in [0.717, 1.165) is 6.42 Å². The van der Waals surface area contributed by atoms with E-state index >= 15 is 0 Å². The number of aromatic nitrogens is 2. The van der Waals surface area contributed by atoms with Crippen LogP contribution in [0.1, 0.15) is 35.9 Å². The number of carbonyl (C=O) groups is 1. The fourth-order valence-corrected chi connectivity index (χ4v) is 2.29. The van der Waals surface area contributed by atoms with Crippen LogP contribution in [0.2, 0.25) is 0 Å². The van der Waals surface area contributed by atoms with Gasteiger partial charge in [-0.1, -0.05) is 11.2 Å². The maximum Gasteiger partial charge on any atom is 0.303 e. The molecule has 0 aliphatic carbocycles. The van der Waals surface area contributed by atoms with E-state index in [-0.39, 0.29) is 6.42 Å². The monoisotopic (exact) mass is 266 g/mol. The molecule has 0 aliphatic heterocycles. The summed E-state index contributed by atoms with van der Waals surface area (Å²) in [5.74, 6) is 0.511. The van der Waals surface area contributed by atoms with Gasteiger partial charge in [0.05, 0.1) is 0 Å². The van der Waals surface area contributed by atoms with Gasteiger partial charge in [-0.3, -0.25) is 4.79 Å². The quantitative estimate of drug-likeness (QED) is 0.779. The van der Waals surface area contributed by atoms with Crippen LogP contribution in [0.3, 0.4) is 0 Å². The van der Waals surface area contributed by atoms with Crippen molar-refractivity contribution in [3.8, 4) is 0 Å². The molecule has 1 N–H and O–H groups in total. The third-order valence-electron chi connectivity index (χ3n) is 2.45. The average Bonchev–Trinajstić information content (AvgIpc) is 2.97. The number of thiophene rings is 1. The van der Waals surface area contributed by atoms with E-state index in [2.05, 4.69) is 10.1 Å².